The minimum absolute atomic E-state index is 0.355. The summed E-state index contributed by atoms with van der Waals surface area (Å²) < 4.78 is 6.69. The Morgan fingerprint density at radius 1 is 1.26 bits per heavy atom. The Bertz CT molecular complexity index is 776. The monoisotopic (exact) mass is 369 g/mol. The van der Waals surface area contributed by atoms with Gasteiger partial charge in [-0.1, -0.05) is 33.1 Å². The number of esters is 1. The van der Waals surface area contributed by atoms with E-state index in [0.29, 0.717) is 17.7 Å². The summed E-state index contributed by atoms with van der Waals surface area (Å²) in [5.41, 5.74) is 9.72. The van der Waals surface area contributed by atoms with Gasteiger partial charge in [0.1, 0.15) is 5.69 Å². The van der Waals surface area contributed by atoms with Gasteiger partial charge >= 0.3 is 5.97 Å². The fourth-order valence-corrected chi connectivity index (χ4v) is 4.06. The predicted octanol–water partition coefficient (Wildman–Crippen LogP) is 4.64. The van der Waals surface area contributed by atoms with E-state index in [0.717, 1.165) is 23.6 Å². The van der Waals surface area contributed by atoms with Crippen LogP contribution in [0.5, 0.6) is 0 Å². The highest BCUT2D eigenvalue weighted by Crippen LogP contribution is 2.33. The van der Waals surface area contributed by atoms with E-state index in [4.69, 9.17) is 10.5 Å². The Kier molecular flexibility index (Phi) is 6.09. The molecule has 1 aromatic heterocycles. The highest BCUT2D eigenvalue weighted by atomic mass is 16.5. The van der Waals surface area contributed by atoms with E-state index in [2.05, 4.69) is 24.8 Å². The van der Waals surface area contributed by atoms with Crippen LogP contribution >= 0.6 is 0 Å². The number of hydrogen-bond donors (Lipinski definition) is 1. The van der Waals surface area contributed by atoms with E-state index in [1.54, 1.807) is 6.07 Å². The normalized spacial score (nSPS) is 15.1. The Balaban J connectivity index is 1.92. The smallest absolute Gasteiger partial charge is 0.355 e. The third-order valence-electron chi connectivity index (χ3n) is 5.32. The number of rotatable bonds is 6. The van der Waals surface area contributed by atoms with Gasteiger partial charge in [0.15, 0.2) is 0 Å². The predicted molar refractivity (Wildman–Crippen MR) is 111 cm³/mol. The van der Waals surface area contributed by atoms with Gasteiger partial charge in [0, 0.05) is 24.5 Å². The minimum Gasteiger partial charge on any atom is -0.464 e. The van der Waals surface area contributed by atoms with Crippen molar-refractivity contribution < 1.29 is 9.53 Å². The summed E-state index contributed by atoms with van der Waals surface area (Å²) in [7, 11) is 1.39. The molecule has 1 fully saturated rings. The molecule has 5 nitrogen and oxygen atoms in total. The SMILES string of the molecule is COC(=O)c1cccn1-c1ccc(N(CC(C)C)C2CCCCC2)c(N)c1. The molecule has 2 aromatic rings. The molecule has 1 saturated carbocycles. The molecule has 3 rings (SSSR count). The van der Waals surface area contributed by atoms with Crippen molar-refractivity contribution in [2.24, 2.45) is 5.92 Å². The second-order valence-corrected chi connectivity index (χ2v) is 7.84. The fourth-order valence-electron chi connectivity index (χ4n) is 4.06. The first-order valence-electron chi connectivity index (χ1n) is 9.93. The quantitative estimate of drug-likeness (QED) is 0.595. The molecule has 0 aliphatic heterocycles. The van der Waals surface area contributed by atoms with Crippen LogP contribution in [0.4, 0.5) is 11.4 Å². The molecule has 1 aliphatic carbocycles. The Morgan fingerprint density at radius 3 is 2.63 bits per heavy atom. The number of benzene rings is 1. The second kappa shape index (κ2) is 8.51. The van der Waals surface area contributed by atoms with Gasteiger partial charge in [-0.15, -0.1) is 0 Å². The standard InChI is InChI=1S/C22H31N3O2/c1-16(2)15-25(17-8-5-4-6-9-17)20-12-11-18(14-19(20)23)24-13-7-10-21(24)22(26)27-3/h7,10-14,16-17H,4-6,8-9,15,23H2,1-3H3. The van der Waals surface area contributed by atoms with Crippen molar-refractivity contribution in [1.82, 2.24) is 4.57 Å². The van der Waals surface area contributed by atoms with Crippen LogP contribution in [-0.2, 0) is 4.74 Å². The van der Waals surface area contributed by atoms with Gasteiger partial charge in [-0.2, -0.15) is 0 Å². The molecule has 0 spiro atoms. The van der Waals surface area contributed by atoms with Gasteiger partial charge in [-0.25, -0.2) is 4.79 Å². The van der Waals surface area contributed by atoms with E-state index >= 15 is 0 Å². The van der Waals surface area contributed by atoms with Gasteiger partial charge in [0.05, 0.1) is 18.5 Å². The Hall–Kier alpha value is -2.43. The summed E-state index contributed by atoms with van der Waals surface area (Å²) in [6.45, 7) is 5.51. The molecule has 1 heterocycles. The zero-order valence-electron chi connectivity index (χ0n) is 16.6. The molecular formula is C22H31N3O2. The van der Waals surface area contributed by atoms with E-state index in [-0.39, 0.29) is 5.97 Å². The first-order chi connectivity index (χ1) is 13.0. The first-order valence-corrected chi connectivity index (χ1v) is 9.93. The maximum Gasteiger partial charge on any atom is 0.355 e. The number of carbonyl (C=O) groups excluding carboxylic acids is 1. The molecule has 146 valence electrons. The van der Waals surface area contributed by atoms with Crippen molar-refractivity contribution in [2.45, 2.75) is 52.0 Å². The van der Waals surface area contributed by atoms with E-state index in [9.17, 15) is 4.79 Å². The lowest BCUT2D eigenvalue weighted by Gasteiger charge is -2.38. The lowest BCUT2D eigenvalue weighted by molar-refractivity contribution is 0.0591. The van der Waals surface area contributed by atoms with E-state index < -0.39 is 0 Å². The molecule has 1 aromatic carbocycles. The molecule has 27 heavy (non-hydrogen) atoms. The average molecular weight is 370 g/mol. The number of ether oxygens (including phenoxy) is 1. The van der Waals surface area contributed by atoms with Crippen molar-refractivity contribution >= 4 is 17.3 Å². The zero-order chi connectivity index (χ0) is 19.4. The molecule has 0 unspecified atom stereocenters. The molecule has 0 saturated heterocycles. The maximum absolute atomic E-state index is 12.0. The molecular weight excluding hydrogens is 338 g/mol. The Morgan fingerprint density at radius 2 is 2.00 bits per heavy atom. The van der Waals surface area contributed by atoms with Crippen LogP contribution in [0.1, 0.15) is 56.4 Å². The number of hydrogen-bond acceptors (Lipinski definition) is 4. The van der Waals surface area contributed by atoms with Gasteiger partial charge in [0.25, 0.3) is 0 Å². The molecule has 2 N–H and O–H groups in total. The third-order valence-corrected chi connectivity index (χ3v) is 5.32. The highest BCUT2D eigenvalue weighted by molar-refractivity contribution is 5.88. The molecule has 1 aliphatic rings. The summed E-state index contributed by atoms with van der Waals surface area (Å²) in [6.07, 6.45) is 8.25. The molecule has 0 atom stereocenters. The number of anilines is 2. The number of aromatic nitrogens is 1. The zero-order valence-corrected chi connectivity index (χ0v) is 16.6. The van der Waals surface area contributed by atoms with Gasteiger partial charge in [-0.05, 0) is 49.1 Å². The van der Waals surface area contributed by atoms with Crippen LogP contribution in [0.3, 0.4) is 0 Å². The van der Waals surface area contributed by atoms with Crippen LogP contribution in [-0.4, -0.2) is 30.2 Å². The van der Waals surface area contributed by atoms with Gasteiger partial charge < -0.3 is 19.9 Å². The number of nitrogens with zero attached hydrogens (tertiary/aromatic N) is 2. The summed E-state index contributed by atoms with van der Waals surface area (Å²) in [4.78, 5) is 14.5. The van der Waals surface area contributed by atoms with Crippen LogP contribution < -0.4 is 10.6 Å². The van der Waals surface area contributed by atoms with E-state index in [1.807, 2.05) is 29.0 Å². The summed E-state index contributed by atoms with van der Waals surface area (Å²) in [5.74, 6) is 0.215. The van der Waals surface area contributed by atoms with Gasteiger partial charge in [-0.3, -0.25) is 0 Å². The summed E-state index contributed by atoms with van der Waals surface area (Å²) in [6, 6.07) is 10.2. The van der Waals surface area contributed by atoms with Crippen molar-refractivity contribution in [3.63, 3.8) is 0 Å². The summed E-state index contributed by atoms with van der Waals surface area (Å²) in [5, 5.41) is 0. The van der Waals surface area contributed by atoms with Crippen molar-refractivity contribution in [3.05, 3.63) is 42.2 Å². The van der Waals surface area contributed by atoms with Crippen LogP contribution in [0.25, 0.3) is 5.69 Å². The van der Waals surface area contributed by atoms with Crippen molar-refractivity contribution in [2.75, 3.05) is 24.3 Å². The van der Waals surface area contributed by atoms with Crippen molar-refractivity contribution in [1.29, 1.82) is 0 Å². The Labute approximate surface area is 162 Å². The fraction of sp³-hybridized carbons (Fsp3) is 0.500. The minimum atomic E-state index is -0.355. The number of nitrogen functional groups attached to an aromatic ring is 1. The first kappa shape index (κ1) is 19.3. The topological polar surface area (TPSA) is 60.5 Å². The lowest BCUT2D eigenvalue weighted by atomic mass is 9.93. The van der Waals surface area contributed by atoms with Crippen LogP contribution in [0.2, 0.25) is 0 Å². The number of methoxy groups -OCH3 is 1. The van der Waals surface area contributed by atoms with Crippen LogP contribution in [0, 0.1) is 5.92 Å². The highest BCUT2D eigenvalue weighted by Gasteiger charge is 2.24. The lowest BCUT2D eigenvalue weighted by Crippen LogP contribution is -2.39. The van der Waals surface area contributed by atoms with Crippen molar-refractivity contribution in [3.8, 4) is 5.69 Å². The molecule has 0 bridgehead atoms. The molecule has 0 amide bonds. The van der Waals surface area contributed by atoms with Crippen LogP contribution in [0.15, 0.2) is 36.5 Å². The number of nitrogens with two attached hydrogens (primary N) is 1. The van der Waals surface area contributed by atoms with Gasteiger partial charge in [0.2, 0.25) is 0 Å². The summed E-state index contributed by atoms with van der Waals surface area (Å²) >= 11 is 0. The maximum atomic E-state index is 12.0. The largest absolute Gasteiger partial charge is 0.464 e. The average Bonchev–Trinajstić information content (AvgIpc) is 3.16. The molecule has 0 radical (unpaired) electrons. The second-order valence-electron chi connectivity index (χ2n) is 7.84. The van der Waals surface area contributed by atoms with E-state index in [1.165, 1.54) is 39.2 Å². The third kappa shape index (κ3) is 4.29. The number of carbonyl (C=O) groups is 1. The molecule has 5 heteroatoms.